The van der Waals surface area contributed by atoms with Crippen molar-refractivity contribution in [3.63, 3.8) is 0 Å². The van der Waals surface area contributed by atoms with Crippen LogP contribution in [0.1, 0.15) is 25.8 Å². The summed E-state index contributed by atoms with van der Waals surface area (Å²) in [5.74, 6) is -0.513. The Bertz CT molecular complexity index is 859. The highest BCUT2D eigenvalue weighted by Gasteiger charge is 2.17. The van der Waals surface area contributed by atoms with Gasteiger partial charge in [-0.1, -0.05) is 23.7 Å². The molecule has 2 N–H and O–H groups in total. The lowest BCUT2D eigenvalue weighted by Gasteiger charge is -2.16. The molecule has 2 aromatic carbocycles. The van der Waals surface area contributed by atoms with Gasteiger partial charge in [-0.25, -0.2) is 9.18 Å². The molecule has 0 bridgehead atoms. The number of aryl methyl sites for hydroxylation is 1. The van der Waals surface area contributed by atoms with E-state index in [0.29, 0.717) is 18.0 Å². The highest BCUT2D eigenvalue weighted by atomic mass is 35.5. The minimum atomic E-state index is -0.526. The summed E-state index contributed by atoms with van der Waals surface area (Å²) in [4.78, 5) is 12.0. The third kappa shape index (κ3) is 5.21. The van der Waals surface area contributed by atoms with Crippen molar-refractivity contribution in [3.8, 4) is 17.2 Å². The summed E-state index contributed by atoms with van der Waals surface area (Å²) in [5, 5.41) is 14.7. The summed E-state index contributed by atoms with van der Waals surface area (Å²) < 4.78 is 14.2. The second kappa shape index (κ2) is 8.20. The van der Waals surface area contributed by atoms with Crippen molar-refractivity contribution >= 4 is 23.3 Å². The Labute approximate surface area is 158 Å². The van der Waals surface area contributed by atoms with Crippen LogP contribution >= 0.6 is 11.6 Å². The highest BCUT2D eigenvalue weighted by Crippen LogP contribution is 2.30. The Morgan fingerprint density at radius 3 is 2.69 bits per heavy atom. The second-order valence-electron chi connectivity index (χ2n) is 6.78. The third-order valence-electron chi connectivity index (χ3n) is 4.04. The van der Waals surface area contributed by atoms with E-state index in [9.17, 15) is 9.18 Å². The summed E-state index contributed by atoms with van der Waals surface area (Å²) in [5.41, 5.74) is 1.93. The van der Waals surface area contributed by atoms with Crippen LogP contribution < -0.4 is 10.6 Å². The zero-order valence-corrected chi connectivity index (χ0v) is 15.7. The number of benzene rings is 2. The summed E-state index contributed by atoms with van der Waals surface area (Å²) in [6.07, 6.45) is 0.501. The molecule has 0 saturated heterocycles. The van der Waals surface area contributed by atoms with Crippen LogP contribution in [0.25, 0.3) is 11.1 Å². The molecule has 0 atom stereocenters. The van der Waals surface area contributed by atoms with E-state index in [1.54, 1.807) is 39.0 Å². The van der Waals surface area contributed by atoms with E-state index >= 15 is 0 Å². The van der Waals surface area contributed by atoms with Crippen molar-refractivity contribution in [1.82, 2.24) is 5.32 Å². The average Bonchev–Trinajstić information content (AvgIpc) is 2.57. The maximum Gasteiger partial charge on any atom is 0.319 e. The fraction of sp³-hybridized carbons (Fsp3) is 0.300. The van der Waals surface area contributed by atoms with Gasteiger partial charge >= 0.3 is 6.03 Å². The number of anilines is 1. The SMILES string of the molecule is Cc1cc(F)c(NC(=O)NCCC(C)(C)C#N)cc1-c1cccc(Cl)c1. The molecular weight excluding hydrogens is 353 g/mol. The number of carbonyl (C=O) groups excluding carboxylic acids is 1. The lowest BCUT2D eigenvalue weighted by molar-refractivity contribution is 0.250. The Balaban J connectivity index is 2.13. The number of hydrogen-bond acceptors (Lipinski definition) is 2. The Hall–Kier alpha value is -2.58. The first kappa shape index (κ1) is 19.7. The molecule has 0 aliphatic carbocycles. The lowest BCUT2D eigenvalue weighted by Crippen LogP contribution is -2.32. The van der Waals surface area contributed by atoms with Crippen molar-refractivity contribution in [2.45, 2.75) is 27.2 Å². The molecule has 0 saturated carbocycles. The fourth-order valence-electron chi connectivity index (χ4n) is 2.45. The first-order valence-electron chi connectivity index (χ1n) is 8.24. The molecule has 0 aliphatic rings. The van der Waals surface area contributed by atoms with Crippen molar-refractivity contribution in [2.75, 3.05) is 11.9 Å². The predicted molar refractivity (Wildman–Crippen MR) is 103 cm³/mol. The molecule has 136 valence electrons. The maximum absolute atomic E-state index is 14.2. The zero-order chi connectivity index (χ0) is 19.3. The summed E-state index contributed by atoms with van der Waals surface area (Å²) in [6.45, 7) is 5.71. The van der Waals surface area contributed by atoms with Gasteiger partial charge in [-0.3, -0.25) is 0 Å². The molecular formula is C20H21ClFN3O. The third-order valence-corrected chi connectivity index (χ3v) is 4.27. The Kier molecular flexibility index (Phi) is 6.23. The topological polar surface area (TPSA) is 64.9 Å². The molecule has 0 heterocycles. The van der Waals surface area contributed by atoms with Gasteiger partial charge in [0.2, 0.25) is 0 Å². The Morgan fingerprint density at radius 1 is 1.31 bits per heavy atom. The smallest absolute Gasteiger partial charge is 0.319 e. The Morgan fingerprint density at radius 2 is 2.04 bits per heavy atom. The number of amides is 2. The van der Waals surface area contributed by atoms with Crippen LogP contribution in [-0.4, -0.2) is 12.6 Å². The highest BCUT2D eigenvalue weighted by molar-refractivity contribution is 6.30. The number of nitrogens with zero attached hydrogens (tertiary/aromatic N) is 1. The molecule has 4 nitrogen and oxygen atoms in total. The molecule has 2 amide bonds. The summed E-state index contributed by atoms with van der Waals surface area (Å²) in [6, 6.07) is 11.9. The van der Waals surface area contributed by atoms with Crippen LogP contribution in [0, 0.1) is 29.5 Å². The number of nitrogens with one attached hydrogen (secondary N) is 2. The summed E-state index contributed by atoms with van der Waals surface area (Å²) >= 11 is 6.03. The van der Waals surface area contributed by atoms with Crippen LogP contribution in [0.15, 0.2) is 36.4 Å². The van der Waals surface area contributed by atoms with Crippen LogP contribution in [-0.2, 0) is 0 Å². The van der Waals surface area contributed by atoms with Crippen LogP contribution in [0.2, 0.25) is 5.02 Å². The van der Waals surface area contributed by atoms with Crippen LogP contribution in [0.4, 0.5) is 14.9 Å². The number of rotatable bonds is 5. The molecule has 0 unspecified atom stereocenters. The van der Waals surface area contributed by atoms with Crippen LogP contribution in [0.3, 0.4) is 0 Å². The van der Waals surface area contributed by atoms with Crippen molar-refractivity contribution in [1.29, 1.82) is 5.26 Å². The van der Waals surface area contributed by atoms with Gasteiger partial charge in [0.1, 0.15) is 5.82 Å². The molecule has 0 radical (unpaired) electrons. The van der Waals surface area contributed by atoms with Crippen LogP contribution in [0.5, 0.6) is 0 Å². The molecule has 6 heteroatoms. The number of hydrogen-bond donors (Lipinski definition) is 2. The van der Waals surface area contributed by atoms with Gasteiger partial charge in [0.15, 0.2) is 0 Å². The van der Waals surface area contributed by atoms with Gasteiger partial charge in [0.05, 0.1) is 17.2 Å². The van der Waals surface area contributed by atoms with Gasteiger partial charge in [-0.15, -0.1) is 0 Å². The fourth-order valence-corrected chi connectivity index (χ4v) is 2.64. The van der Waals surface area contributed by atoms with E-state index in [1.165, 1.54) is 6.07 Å². The predicted octanol–water partition coefficient (Wildman–Crippen LogP) is 5.52. The maximum atomic E-state index is 14.2. The minimum absolute atomic E-state index is 0.0858. The van der Waals surface area contributed by atoms with E-state index < -0.39 is 17.3 Å². The van der Waals surface area contributed by atoms with E-state index in [0.717, 1.165) is 16.7 Å². The van der Waals surface area contributed by atoms with Crippen molar-refractivity contribution < 1.29 is 9.18 Å². The number of halogens is 2. The number of urea groups is 1. The summed E-state index contributed by atoms with van der Waals surface area (Å²) in [7, 11) is 0. The van der Waals surface area contributed by atoms with Gasteiger partial charge < -0.3 is 10.6 Å². The van der Waals surface area contributed by atoms with E-state index in [-0.39, 0.29) is 5.69 Å². The van der Waals surface area contributed by atoms with Gasteiger partial charge in [0.25, 0.3) is 0 Å². The molecule has 0 aliphatic heterocycles. The van der Waals surface area contributed by atoms with E-state index in [2.05, 4.69) is 16.7 Å². The van der Waals surface area contributed by atoms with Gasteiger partial charge in [0, 0.05) is 11.6 Å². The first-order chi connectivity index (χ1) is 12.2. The molecule has 2 aromatic rings. The largest absolute Gasteiger partial charge is 0.338 e. The molecule has 26 heavy (non-hydrogen) atoms. The second-order valence-corrected chi connectivity index (χ2v) is 7.22. The van der Waals surface area contributed by atoms with Crippen molar-refractivity contribution in [3.05, 3.63) is 52.8 Å². The average molecular weight is 374 g/mol. The molecule has 0 fully saturated rings. The van der Waals surface area contributed by atoms with Gasteiger partial charge in [-0.2, -0.15) is 5.26 Å². The number of carbonyl (C=O) groups is 1. The molecule has 0 aromatic heterocycles. The minimum Gasteiger partial charge on any atom is -0.338 e. The van der Waals surface area contributed by atoms with Gasteiger partial charge in [-0.05, 0) is 68.1 Å². The van der Waals surface area contributed by atoms with E-state index in [1.807, 2.05) is 12.1 Å². The lowest BCUT2D eigenvalue weighted by atomic mass is 9.92. The normalized spacial score (nSPS) is 10.9. The zero-order valence-electron chi connectivity index (χ0n) is 15.0. The number of nitriles is 1. The van der Waals surface area contributed by atoms with Crippen molar-refractivity contribution in [2.24, 2.45) is 5.41 Å². The molecule has 0 spiro atoms. The quantitative estimate of drug-likeness (QED) is 0.725. The van der Waals surface area contributed by atoms with E-state index in [4.69, 9.17) is 16.9 Å². The monoisotopic (exact) mass is 373 g/mol. The standard InChI is InChI=1S/C20H21ClFN3O/c1-13-9-17(22)18(11-16(13)14-5-4-6-15(21)10-14)25-19(26)24-8-7-20(2,3)12-23/h4-6,9-11H,7-8H2,1-3H3,(H2,24,25,26). The first-order valence-corrected chi connectivity index (χ1v) is 8.62. The molecule has 2 rings (SSSR count).